The van der Waals surface area contributed by atoms with Crippen molar-refractivity contribution >= 4 is 10.0 Å². The Morgan fingerprint density at radius 2 is 0.889 bits per heavy atom. The van der Waals surface area contributed by atoms with E-state index in [0.29, 0.717) is 73.2 Å². The minimum absolute atomic E-state index is 0.0806. The van der Waals surface area contributed by atoms with Gasteiger partial charge in [-0.15, -0.1) is 0 Å². The lowest BCUT2D eigenvalue weighted by Gasteiger charge is -2.41. The summed E-state index contributed by atoms with van der Waals surface area (Å²) in [5, 5.41) is 11.7. The number of allylic oxidation sites excluding steroid dienone is 2. The molecule has 8 rings (SSSR count). The van der Waals surface area contributed by atoms with Crippen LogP contribution in [0, 0.1) is 101 Å². The van der Waals surface area contributed by atoms with Crippen LogP contribution < -0.4 is 0 Å². The highest BCUT2D eigenvalue weighted by atomic mass is 32.2. The van der Waals surface area contributed by atoms with Crippen LogP contribution >= 0.6 is 0 Å². The van der Waals surface area contributed by atoms with Gasteiger partial charge in [0.25, 0.3) is 0 Å². The molecule has 0 bridgehead atoms. The van der Waals surface area contributed by atoms with Crippen LogP contribution in [0.1, 0.15) is 449 Å². The van der Waals surface area contributed by atoms with E-state index in [1.807, 2.05) is 35.4 Å². The van der Waals surface area contributed by atoms with Gasteiger partial charge in [0, 0.05) is 47.7 Å². The largest absolute Gasteiger partial charge is 0.282 e. The van der Waals surface area contributed by atoms with Crippen molar-refractivity contribution < 1.29 is 12.8 Å². The van der Waals surface area contributed by atoms with Crippen LogP contribution in [0.4, 0.5) is 4.39 Å². The maximum Gasteiger partial charge on any atom is 0.219 e. The summed E-state index contributed by atoms with van der Waals surface area (Å²) in [6.07, 6.45) is 30.5. The van der Waals surface area contributed by atoms with Crippen LogP contribution in [0.2, 0.25) is 0 Å². The van der Waals surface area contributed by atoms with Crippen molar-refractivity contribution in [3.8, 4) is 0 Å². The molecule has 2 saturated carbocycles. The molecule has 117 heavy (non-hydrogen) atoms. The quantitative estimate of drug-likeness (QED) is 0.186. The Morgan fingerprint density at radius 1 is 0.444 bits per heavy atom. The van der Waals surface area contributed by atoms with Gasteiger partial charge in [0.15, 0.2) is 0 Å². The molecule has 4 aromatic rings. The number of aromatic amines is 1. The molecule has 4 heterocycles. The maximum absolute atomic E-state index is 13.7. The van der Waals surface area contributed by atoms with Gasteiger partial charge in [-0.2, -0.15) is 10.2 Å². The van der Waals surface area contributed by atoms with Gasteiger partial charge in [0.2, 0.25) is 10.0 Å². The van der Waals surface area contributed by atoms with Crippen LogP contribution in [-0.4, -0.2) is 55.5 Å². The molecule has 680 valence electrons. The standard InChI is InChI=1S/C15H23F.C14H29NO2S.C14H23N.C14H28.C14H26.2C12H22N2.C12H24/c1-14(2,3)10-11-9-12(15(4,5)6)7-8-13(11)16;1-13(2,3)11-12-7-9-15(10-8-12)18(16,17)14(4,5)6;1-13(2,3)10-11-7-8-15-12(9-11)14(4,5)6;2*1-13(2,3)11-7-9-12(10-8-11)14(4,5)6;1-11(2,3)7-10-8-13-14(9-10)12(4,5)6;1-11(2,3)7-9-8-13-14-10(9)12(4,5)6;1-11(2,3)8-9-7-10(9)12(4,5)6/h7-9H,10H2,1-6H3;12H,7-11H2,1-6H3;7-9H,10H2,1-6H3;11-12H,7-10H2,1-6H3;7,12H,8-10H2,1-6H3;8-9H,7H2,1-6H3;8H,7H2,1-6H3,(H,13,14);9-10H,7-8H2,1-6H3. The molecule has 1 saturated heterocycles. The number of nitrogens with zero attached hydrogens (tertiary/aromatic N) is 5. The molecule has 3 aliphatic carbocycles. The molecule has 10 heteroatoms. The van der Waals surface area contributed by atoms with Crippen molar-refractivity contribution in [2.45, 2.75) is 462 Å². The lowest BCUT2D eigenvalue weighted by atomic mass is 9.64. The van der Waals surface area contributed by atoms with Crippen LogP contribution in [0.25, 0.3) is 0 Å². The van der Waals surface area contributed by atoms with Crippen molar-refractivity contribution in [3.05, 3.63) is 112 Å². The van der Waals surface area contributed by atoms with Crippen LogP contribution in [0.5, 0.6) is 0 Å². The highest BCUT2D eigenvalue weighted by Gasteiger charge is 2.46. The van der Waals surface area contributed by atoms with Gasteiger partial charge in [0.1, 0.15) is 5.82 Å². The minimum Gasteiger partial charge on any atom is -0.282 e. The van der Waals surface area contributed by atoms with E-state index >= 15 is 0 Å². The summed E-state index contributed by atoms with van der Waals surface area (Å²) in [7, 11) is -3.13. The maximum atomic E-state index is 13.7. The number of rotatable bonds is 7. The van der Waals surface area contributed by atoms with E-state index in [2.05, 4.69) is 356 Å². The van der Waals surface area contributed by atoms with E-state index in [1.165, 1.54) is 97.8 Å². The predicted molar refractivity (Wildman–Crippen MR) is 516 cm³/mol. The van der Waals surface area contributed by atoms with E-state index in [9.17, 15) is 12.8 Å². The number of halogens is 1. The molecule has 3 unspecified atom stereocenters. The molecule has 0 radical (unpaired) electrons. The smallest absolute Gasteiger partial charge is 0.219 e. The molecular formula is C107H197FN6O2S. The average Bonchev–Trinajstić information content (AvgIpc) is 1.73. The molecule has 8 nitrogen and oxygen atoms in total. The number of H-pyrrole nitrogens is 1. The summed E-state index contributed by atoms with van der Waals surface area (Å²) >= 11 is 0. The third-order valence-electron chi connectivity index (χ3n) is 23.5. The summed E-state index contributed by atoms with van der Waals surface area (Å²) in [6, 6.07) is 9.87. The molecular weight excluding hydrogens is 1450 g/mol. The first-order chi connectivity index (χ1) is 51.7. The van der Waals surface area contributed by atoms with Gasteiger partial charge in [-0.05, 0) is 291 Å². The fourth-order valence-electron chi connectivity index (χ4n) is 16.5. The summed E-state index contributed by atoms with van der Waals surface area (Å²) in [4.78, 5) is 4.44. The Labute approximate surface area is 729 Å². The van der Waals surface area contributed by atoms with Gasteiger partial charge >= 0.3 is 0 Å². The zero-order valence-electron chi connectivity index (χ0n) is 86.8. The number of piperidine rings is 1. The first-order valence-corrected chi connectivity index (χ1v) is 47.7. The lowest BCUT2D eigenvalue weighted by Crippen LogP contribution is -2.46. The molecule has 3 aromatic heterocycles. The summed E-state index contributed by atoms with van der Waals surface area (Å²) in [6.45, 7) is 109. The van der Waals surface area contributed by atoms with Crippen molar-refractivity contribution in [2.24, 2.45) is 95.1 Å². The van der Waals surface area contributed by atoms with Crippen molar-refractivity contribution in [2.75, 3.05) is 13.1 Å². The first kappa shape index (κ1) is 111. The van der Waals surface area contributed by atoms with Crippen LogP contribution in [0.3, 0.4) is 0 Å². The van der Waals surface area contributed by atoms with Gasteiger partial charge in [-0.3, -0.25) is 14.8 Å². The highest BCUT2D eigenvalue weighted by Crippen LogP contribution is 2.55. The molecule has 1 aromatic carbocycles. The first-order valence-electron chi connectivity index (χ1n) is 46.2. The normalized spacial score (nSPS) is 19.6. The Kier molecular flexibility index (Phi) is 40.3. The van der Waals surface area contributed by atoms with Crippen molar-refractivity contribution in [1.29, 1.82) is 0 Å². The Hall–Kier alpha value is -3.63. The topological polar surface area (TPSA) is 96.8 Å². The average molecular weight is 1650 g/mol. The number of aromatic nitrogens is 5. The number of sulfonamides is 1. The van der Waals surface area contributed by atoms with E-state index in [0.717, 1.165) is 73.7 Å². The van der Waals surface area contributed by atoms with E-state index < -0.39 is 14.8 Å². The summed E-state index contributed by atoms with van der Waals surface area (Å²) < 4.78 is 41.4. The van der Waals surface area contributed by atoms with E-state index in [-0.39, 0.29) is 33.0 Å². The second-order valence-electron chi connectivity index (χ2n) is 54.3. The van der Waals surface area contributed by atoms with Crippen molar-refractivity contribution in [1.82, 2.24) is 29.3 Å². The number of pyridine rings is 1. The summed E-state index contributed by atoms with van der Waals surface area (Å²) in [5.74, 6) is 5.41. The third kappa shape index (κ3) is 45.5. The zero-order valence-corrected chi connectivity index (χ0v) is 87.6. The molecule has 3 fully saturated rings. The van der Waals surface area contributed by atoms with Gasteiger partial charge < -0.3 is 0 Å². The molecule has 1 N–H and O–H groups in total. The van der Waals surface area contributed by atoms with Crippen molar-refractivity contribution in [3.63, 3.8) is 0 Å². The lowest BCUT2D eigenvalue weighted by molar-refractivity contribution is 0.0970. The van der Waals surface area contributed by atoms with E-state index in [4.69, 9.17) is 0 Å². The number of hydrogen-bond acceptors (Lipinski definition) is 5. The molecule has 3 atom stereocenters. The molecule has 0 amide bonds. The Morgan fingerprint density at radius 3 is 1.23 bits per heavy atom. The Bertz CT molecular complexity index is 3630. The van der Waals surface area contributed by atoms with Gasteiger partial charge in [-0.25, -0.2) is 17.1 Å². The van der Waals surface area contributed by atoms with Crippen LogP contribution in [-0.2, 0) is 57.5 Å². The second kappa shape index (κ2) is 42.4. The number of hydrogen-bond donors (Lipinski definition) is 1. The van der Waals surface area contributed by atoms with Gasteiger partial charge in [-0.1, -0.05) is 315 Å². The molecule has 4 aliphatic rings. The second-order valence-corrected chi connectivity index (χ2v) is 57.0. The fraction of sp³-hybridized carbons (Fsp3) is 0.822. The highest BCUT2D eigenvalue weighted by molar-refractivity contribution is 7.90. The molecule has 0 spiro atoms. The fourth-order valence-corrected chi connectivity index (χ4v) is 18.0. The SMILES string of the molecule is CC(C)(C)C1=CCC(C(C)(C)C)CC1.CC(C)(C)C1CCC(C(C)(C)C)CC1.CC(C)(C)CC1CC1C(C)(C)C.CC(C)(C)CC1CCN(S(=O)(=O)C(C)(C)C)CC1.CC(C)(C)Cc1cc(C(C)(C)C)ccc1F.CC(C)(C)Cc1ccnc(C(C)(C)C)c1.CC(C)(C)Cc1cn[nH]c1C(C)(C)C.CC(C)(C)Cc1cnn(C(C)(C)C)c1. The molecule has 1 aliphatic heterocycles. The predicted octanol–water partition coefficient (Wildman–Crippen LogP) is 32.3. The minimum atomic E-state index is -3.13. The Balaban J connectivity index is 0.000000670. The third-order valence-corrected chi connectivity index (χ3v) is 26.1. The monoisotopic (exact) mass is 1650 g/mol. The zero-order chi connectivity index (χ0) is 91.9. The number of benzene rings is 1. The van der Waals surface area contributed by atoms with E-state index in [1.54, 1.807) is 36.7 Å². The van der Waals surface area contributed by atoms with Crippen LogP contribution in [0.15, 0.2) is 66.8 Å². The number of nitrogens with one attached hydrogen (secondary N) is 1. The van der Waals surface area contributed by atoms with Gasteiger partial charge in [0.05, 0.1) is 22.7 Å². The summed E-state index contributed by atoms with van der Waals surface area (Å²) in [5.41, 5.74) is 15.2.